The Hall–Kier alpha value is -2.19. The fourth-order valence-electron chi connectivity index (χ4n) is 3.02. The van der Waals surface area contributed by atoms with Crippen LogP contribution in [0.4, 0.5) is 4.39 Å². The highest BCUT2D eigenvalue weighted by atomic mass is 32.2. The summed E-state index contributed by atoms with van der Waals surface area (Å²) in [7, 11) is 0. The van der Waals surface area contributed by atoms with E-state index in [0.717, 1.165) is 25.9 Å². The minimum absolute atomic E-state index is 0.0206. The number of para-hydroxylation sites is 1. The zero-order valence-corrected chi connectivity index (χ0v) is 15.5. The third kappa shape index (κ3) is 3.14. The fraction of sp³-hybridized carbons (Fsp3) is 0.278. The molecule has 2 aromatic heterocycles. The molecule has 1 aliphatic rings. The number of likely N-dealkylation sites (tertiary alicyclic amines) is 1. The van der Waals surface area contributed by atoms with Crippen LogP contribution >= 0.6 is 23.1 Å². The molecule has 1 amide bonds. The van der Waals surface area contributed by atoms with E-state index in [1.165, 1.54) is 33.7 Å². The Morgan fingerprint density at radius 1 is 1.23 bits per heavy atom. The smallest absolute Gasteiger partial charge is 0.276 e. The average Bonchev–Trinajstić information content (AvgIpc) is 3.32. The Morgan fingerprint density at radius 3 is 2.77 bits per heavy atom. The van der Waals surface area contributed by atoms with Gasteiger partial charge in [0.15, 0.2) is 5.16 Å². The number of fused-ring (bicyclic) bond motifs is 1. The first kappa shape index (κ1) is 17.2. The largest absolute Gasteiger partial charge is 0.342 e. The first-order valence-electron chi connectivity index (χ1n) is 8.31. The molecule has 5 nitrogen and oxygen atoms in total. The monoisotopic (exact) mass is 389 g/mol. The number of hydrogen-bond donors (Lipinski definition) is 0. The lowest BCUT2D eigenvalue weighted by molar-refractivity contribution is -0.127. The minimum atomic E-state index is -0.500. The number of thioether (sulfide) groups is 1. The second-order valence-corrected chi connectivity index (χ2v) is 7.86. The van der Waals surface area contributed by atoms with Gasteiger partial charge in [0.2, 0.25) is 5.91 Å². The zero-order chi connectivity index (χ0) is 18.1. The molecular weight excluding hydrogens is 373 g/mol. The Kier molecular flexibility index (Phi) is 4.78. The van der Waals surface area contributed by atoms with Crippen molar-refractivity contribution < 1.29 is 9.18 Å². The molecule has 26 heavy (non-hydrogen) atoms. The maximum absolute atomic E-state index is 14.3. The van der Waals surface area contributed by atoms with Crippen LogP contribution in [0.2, 0.25) is 0 Å². The Balaban J connectivity index is 1.75. The number of hydrogen-bond acceptors (Lipinski definition) is 5. The number of carbonyl (C=O) groups is 1. The number of benzene rings is 1. The molecule has 0 atom stereocenters. The van der Waals surface area contributed by atoms with E-state index in [1.807, 2.05) is 4.90 Å². The normalized spacial score (nSPS) is 14.3. The van der Waals surface area contributed by atoms with E-state index in [-0.39, 0.29) is 22.9 Å². The zero-order valence-electron chi connectivity index (χ0n) is 13.9. The maximum Gasteiger partial charge on any atom is 0.276 e. The number of thiophene rings is 1. The van der Waals surface area contributed by atoms with E-state index < -0.39 is 5.82 Å². The van der Waals surface area contributed by atoms with Gasteiger partial charge in [0, 0.05) is 13.1 Å². The third-order valence-corrected chi connectivity index (χ3v) is 6.14. The lowest BCUT2D eigenvalue weighted by atomic mass is 10.3. The first-order chi connectivity index (χ1) is 12.6. The number of amides is 1. The van der Waals surface area contributed by atoms with Gasteiger partial charge < -0.3 is 4.90 Å². The van der Waals surface area contributed by atoms with E-state index in [0.29, 0.717) is 15.4 Å². The minimum Gasteiger partial charge on any atom is -0.342 e. The van der Waals surface area contributed by atoms with Gasteiger partial charge in [-0.15, -0.1) is 11.3 Å². The number of aromatic nitrogens is 2. The average molecular weight is 389 g/mol. The van der Waals surface area contributed by atoms with Gasteiger partial charge in [-0.05, 0) is 36.4 Å². The van der Waals surface area contributed by atoms with E-state index in [2.05, 4.69) is 4.98 Å². The van der Waals surface area contributed by atoms with Crippen LogP contribution in [0.5, 0.6) is 0 Å². The summed E-state index contributed by atoms with van der Waals surface area (Å²) < 4.78 is 16.1. The summed E-state index contributed by atoms with van der Waals surface area (Å²) >= 11 is 2.46. The van der Waals surface area contributed by atoms with Crippen molar-refractivity contribution in [2.45, 2.75) is 18.0 Å². The lowest BCUT2D eigenvalue weighted by Gasteiger charge is -2.16. The lowest BCUT2D eigenvalue weighted by Crippen LogP contribution is -2.29. The summed E-state index contributed by atoms with van der Waals surface area (Å²) in [5.74, 6) is -0.302. The van der Waals surface area contributed by atoms with Gasteiger partial charge in [-0.2, -0.15) is 0 Å². The standard InChI is InChI=1S/C18H16FN3O2S2/c19-12-5-1-2-6-14(12)22-17(24)16-13(7-10-25-16)20-18(22)26-11-15(23)21-8-3-4-9-21/h1-2,5-7,10H,3-4,8-9,11H2. The van der Waals surface area contributed by atoms with Crippen LogP contribution in [0.25, 0.3) is 15.9 Å². The van der Waals surface area contributed by atoms with E-state index in [1.54, 1.807) is 29.6 Å². The molecule has 8 heteroatoms. The van der Waals surface area contributed by atoms with Gasteiger partial charge in [-0.25, -0.2) is 9.37 Å². The molecule has 0 saturated carbocycles. The van der Waals surface area contributed by atoms with Crippen LogP contribution < -0.4 is 5.56 Å². The van der Waals surface area contributed by atoms with Gasteiger partial charge in [-0.3, -0.25) is 14.2 Å². The third-order valence-electron chi connectivity index (χ3n) is 4.33. The highest BCUT2D eigenvalue weighted by molar-refractivity contribution is 7.99. The molecule has 3 aromatic rings. The van der Waals surface area contributed by atoms with Crippen LogP contribution in [0.1, 0.15) is 12.8 Å². The number of carbonyl (C=O) groups excluding carboxylic acids is 1. The molecule has 0 radical (unpaired) electrons. The molecule has 0 unspecified atom stereocenters. The van der Waals surface area contributed by atoms with Crippen molar-refractivity contribution in [3.63, 3.8) is 0 Å². The highest BCUT2D eigenvalue weighted by Gasteiger charge is 2.21. The molecule has 0 aliphatic carbocycles. The van der Waals surface area contributed by atoms with Crippen molar-refractivity contribution >= 4 is 39.2 Å². The number of nitrogens with zero attached hydrogens (tertiary/aromatic N) is 3. The second kappa shape index (κ2) is 7.20. The summed E-state index contributed by atoms with van der Waals surface area (Å²) in [6.45, 7) is 1.55. The molecule has 1 saturated heterocycles. The SMILES string of the molecule is O=C(CSc1nc2ccsc2c(=O)n1-c1ccccc1F)N1CCCC1. The van der Waals surface area contributed by atoms with Crippen molar-refractivity contribution in [1.29, 1.82) is 0 Å². The molecule has 3 heterocycles. The van der Waals surface area contributed by atoms with Gasteiger partial charge >= 0.3 is 0 Å². The quantitative estimate of drug-likeness (QED) is 0.508. The van der Waals surface area contributed by atoms with Crippen LogP contribution in [0.3, 0.4) is 0 Å². The molecule has 0 spiro atoms. The molecule has 4 rings (SSSR count). The predicted molar refractivity (Wildman–Crippen MR) is 102 cm³/mol. The second-order valence-electron chi connectivity index (χ2n) is 6.00. The molecule has 0 N–H and O–H groups in total. The molecule has 1 fully saturated rings. The van der Waals surface area contributed by atoms with Crippen molar-refractivity contribution in [1.82, 2.24) is 14.5 Å². The van der Waals surface area contributed by atoms with E-state index in [4.69, 9.17) is 0 Å². The predicted octanol–water partition coefficient (Wildman–Crippen LogP) is 3.30. The Bertz CT molecular complexity index is 1020. The molecule has 1 aliphatic heterocycles. The number of halogens is 1. The van der Waals surface area contributed by atoms with Crippen molar-refractivity contribution in [2.24, 2.45) is 0 Å². The fourth-order valence-corrected chi connectivity index (χ4v) is 4.69. The summed E-state index contributed by atoms with van der Waals surface area (Å²) in [6.07, 6.45) is 2.05. The van der Waals surface area contributed by atoms with E-state index >= 15 is 0 Å². The Labute approximate surface area is 157 Å². The topological polar surface area (TPSA) is 55.2 Å². The molecule has 134 valence electrons. The summed E-state index contributed by atoms with van der Waals surface area (Å²) in [4.78, 5) is 31.6. The van der Waals surface area contributed by atoms with Crippen molar-refractivity contribution in [2.75, 3.05) is 18.8 Å². The van der Waals surface area contributed by atoms with Crippen LogP contribution in [-0.4, -0.2) is 39.2 Å². The first-order valence-corrected chi connectivity index (χ1v) is 10.2. The van der Waals surface area contributed by atoms with Gasteiger partial charge in [0.1, 0.15) is 10.5 Å². The van der Waals surface area contributed by atoms with Crippen LogP contribution in [0, 0.1) is 5.82 Å². The van der Waals surface area contributed by atoms with Crippen molar-refractivity contribution in [3.05, 3.63) is 51.9 Å². The highest BCUT2D eigenvalue weighted by Crippen LogP contribution is 2.25. The van der Waals surface area contributed by atoms with Crippen molar-refractivity contribution in [3.8, 4) is 5.69 Å². The molecule has 0 bridgehead atoms. The van der Waals surface area contributed by atoms with Gasteiger partial charge in [-0.1, -0.05) is 23.9 Å². The summed E-state index contributed by atoms with van der Waals surface area (Å²) in [6, 6.07) is 7.87. The van der Waals surface area contributed by atoms with Crippen LogP contribution in [0.15, 0.2) is 45.7 Å². The molecular formula is C18H16FN3O2S2. The van der Waals surface area contributed by atoms with E-state index in [9.17, 15) is 14.0 Å². The van der Waals surface area contributed by atoms with Gasteiger partial charge in [0.05, 0.1) is 17.0 Å². The number of rotatable bonds is 4. The summed E-state index contributed by atoms with van der Waals surface area (Å²) in [5, 5.41) is 2.12. The van der Waals surface area contributed by atoms with Crippen LogP contribution in [-0.2, 0) is 4.79 Å². The maximum atomic E-state index is 14.3. The molecule has 1 aromatic carbocycles. The van der Waals surface area contributed by atoms with Gasteiger partial charge in [0.25, 0.3) is 5.56 Å². The Morgan fingerprint density at radius 2 is 2.00 bits per heavy atom. The summed E-state index contributed by atoms with van der Waals surface area (Å²) in [5.41, 5.74) is 0.409.